The number of thiocarbonyl (C=S) groups is 1. The summed E-state index contributed by atoms with van der Waals surface area (Å²) in [6.45, 7) is 0.637. The molecule has 3 aromatic rings. The Morgan fingerprint density at radius 3 is 2.45 bits per heavy atom. The zero-order chi connectivity index (χ0) is 15.4. The highest BCUT2D eigenvalue weighted by atomic mass is 32.1. The van der Waals surface area contributed by atoms with Crippen molar-refractivity contribution in [3.63, 3.8) is 0 Å². The zero-order valence-corrected chi connectivity index (χ0v) is 12.7. The van der Waals surface area contributed by atoms with Crippen LogP contribution in [0.15, 0.2) is 66.7 Å². The van der Waals surface area contributed by atoms with Gasteiger partial charge in [0.2, 0.25) is 0 Å². The van der Waals surface area contributed by atoms with Crippen molar-refractivity contribution in [3.8, 4) is 5.75 Å². The van der Waals surface area contributed by atoms with Crippen LogP contribution in [0.1, 0.15) is 5.56 Å². The van der Waals surface area contributed by atoms with E-state index in [1.54, 1.807) is 6.07 Å². The molecule has 0 saturated heterocycles. The van der Waals surface area contributed by atoms with Gasteiger partial charge in [-0.2, -0.15) is 0 Å². The van der Waals surface area contributed by atoms with Gasteiger partial charge >= 0.3 is 0 Å². The van der Waals surface area contributed by atoms with Crippen molar-refractivity contribution in [2.75, 3.05) is 5.32 Å². The minimum Gasteiger partial charge on any atom is -0.506 e. The van der Waals surface area contributed by atoms with Crippen LogP contribution < -0.4 is 10.6 Å². The molecule has 0 aliphatic rings. The number of hydrogen-bond acceptors (Lipinski definition) is 2. The van der Waals surface area contributed by atoms with E-state index in [0.717, 1.165) is 16.3 Å². The molecular formula is C18H16N2OS. The first-order valence-electron chi connectivity index (χ1n) is 7.03. The highest BCUT2D eigenvalue weighted by molar-refractivity contribution is 7.80. The fourth-order valence-electron chi connectivity index (χ4n) is 2.33. The second-order valence-corrected chi connectivity index (χ2v) is 5.38. The summed E-state index contributed by atoms with van der Waals surface area (Å²) in [5.74, 6) is 0.183. The van der Waals surface area contributed by atoms with Crippen molar-refractivity contribution in [2.24, 2.45) is 0 Å². The maximum atomic E-state index is 10.1. The van der Waals surface area contributed by atoms with Crippen LogP contribution in [0.4, 0.5) is 5.69 Å². The Hall–Kier alpha value is -2.59. The summed E-state index contributed by atoms with van der Waals surface area (Å²) in [7, 11) is 0. The molecule has 3 N–H and O–H groups in total. The summed E-state index contributed by atoms with van der Waals surface area (Å²) in [5.41, 5.74) is 1.78. The molecule has 0 aliphatic heterocycles. The van der Waals surface area contributed by atoms with Crippen LogP contribution in [0, 0.1) is 0 Å². The fourth-order valence-corrected chi connectivity index (χ4v) is 2.50. The zero-order valence-electron chi connectivity index (χ0n) is 11.9. The Bertz CT molecular complexity index is 803. The average molecular weight is 308 g/mol. The highest BCUT2D eigenvalue weighted by Crippen LogP contribution is 2.32. The molecule has 3 aromatic carbocycles. The maximum absolute atomic E-state index is 10.1. The van der Waals surface area contributed by atoms with Crippen molar-refractivity contribution >= 4 is 33.8 Å². The first-order chi connectivity index (χ1) is 10.7. The van der Waals surface area contributed by atoms with Crippen LogP contribution in [-0.2, 0) is 6.54 Å². The van der Waals surface area contributed by atoms with E-state index in [2.05, 4.69) is 10.6 Å². The van der Waals surface area contributed by atoms with Gasteiger partial charge in [0.25, 0.3) is 0 Å². The van der Waals surface area contributed by atoms with Gasteiger partial charge in [0.15, 0.2) is 5.11 Å². The molecule has 0 amide bonds. The molecule has 0 spiro atoms. The molecule has 0 radical (unpaired) electrons. The van der Waals surface area contributed by atoms with Gasteiger partial charge in [0.1, 0.15) is 5.75 Å². The molecule has 4 heteroatoms. The Morgan fingerprint density at radius 2 is 1.64 bits per heavy atom. The highest BCUT2D eigenvalue weighted by Gasteiger charge is 2.08. The van der Waals surface area contributed by atoms with Gasteiger partial charge in [0.05, 0.1) is 5.69 Å². The third-order valence-electron chi connectivity index (χ3n) is 3.44. The van der Waals surface area contributed by atoms with Crippen LogP contribution in [0.25, 0.3) is 10.8 Å². The smallest absolute Gasteiger partial charge is 0.171 e. The second-order valence-electron chi connectivity index (χ2n) is 4.97. The maximum Gasteiger partial charge on any atom is 0.171 e. The Labute approximate surface area is 134 Å². The van der Waals surface area contributed by atoms with Crippen molar-refractivity contribution in [2.45, 2.75) is 6.54 Å². The average Bonchev–Trinajstić information content (AvgIpc) is 2.56. The minimum absolute atomic E-state index is 0.183. The molecule has 0 aliphatic carbocycles. The molecule has 0 bridgehead atoms. The first-order valence-corrected chi connectivity index (χ1v) is 7.44. The molecule has 110 valence electrons. The van der Waals surface area contributed by atoms with E-state index in [9.17, 15) is 5.11 Å². The van der Waals surface area contributed by atoms with E-state index in [-0.39, 0.29) is 5.75 Å². The van der Waals surface area contributed by atoms with Crippen molar-refractivity contribution in [3.05, 3.63) is 72.3 Å². The molecular weight excluding hydrogens is 292 g/mol. The largest absolute Gasteiger partial charge is 0.506 e. The number of rotatable bonds is 3. The summed E-state index contributed by atoms with van der Waals surface area (Å²) in [6.07, 6.45) is 0. The molecule has 0 fully saturated rings. The Morgan fingerprint density at radius 1 is 0.909 bits per heavy atom. The van der Waals surface area contributed by atoms with E-state index in [4.69, 9.17) is 12.2 Å². The number of aromatic hydroxyl groups is 1. The number of anilines is 1. The number of benzene rings is 3. The predicted molar refractivity (Wildman–Crippen MR) is 95.1 cm³/mol. The predicted octanol–water partition coefficient (Wildman–Crippen LogP) is 4.03. The topological polar surface area (TPSA) is 44.3 Å². The lowest BCUT2D eigenvalue weighted by molar-refractivity contribution is 0.478. The van der Waals surface area contributed by atoms with Crippen LogP contribution in [-0.4, -0.2) is 10.2 Å². The van der Waals surface area contributed by atoms with Crippen LogP contribution in [0.5, 0.6) is 5.75 Å². The number of hydrogen-bond donors (Lipinski definition) is 3. The molecule has 0 unspecified atom stereocenters. The van der Waals surface area contributed by atoms with Crippen molar-refractivity contribution < 1.29 is 5.11 Å². The van der Waals surface area contributed by atoms with Crippen LogP contribution >= 0.6 is 12.2 Å². The van der Waals surface area contributed by atoms with Gasteiger partial charge in [-0.25, -0.2) is 0 Å². The number of nitrogens with one attached hydrogen (secondary N) is 2. The molecule has 3 rings (SSSR count). The Kier molecular flexibility index (Phi) is 4.21. The van der Waals surface area contributed by atoms with Crippen LogP contribution in [0.3, 0.4) is 0 Å². The van der Waals surface area contributed by atoms with E-state index in [0.29, 0.717) is 17.3 Å². The van der Waals surface area contributed by atoms with Gasteiger partial charge < -0.3 is 15.7 Å². The lowest BCUT2D eigenvalue weighted by Gasteiger charge is -2.14. The van der Waals surface area contributed by atoms with E-state index < -0.39 is 0 Å². The third-order valence-corrected chi connectivity index (χ3v) is 3.69. The van der Waals surface area contributed by atoms with Crippen molar-refractivity contribution in [1.29, 1.82) is 0 Å². The lowest BCUT2D eigenvalue weighted by Crippen LogP contribution is -2.28. The van der Waals surface area contributed by atoms with Gasteiger partial charge in [-0.15, -0.1) is 0 Å². The fraction of sp³-hybridized carbons (Fsp3) is 0.0556. The monoisotopic (exact) mass is 308 g/mol. The molecule has 3 nitrogen and oxygen atoms in total. The number of phenols is 1. The summed E-state index contributed by atoms with van der Waals surface area (Å²) >= 11 is 5.32. The van der Waals surface area contributed by atoms with E-state index >= 15 is 0 Å². The third kappa shape index (κ3) is 3.18. The standard InChI is InChI=1S/C18H16N2OS/c21-16-11-10-14-8-4-5-9-15(14)17(16)20-18(22)19-12-13-6-2-1-3-7-13/h1-11,21H,12H2,(H2,19,20,22). The molecule has 22 heavy (non-hydrogen) atoms. The molecule has 0 saturated carbocycles. The number of phenolic OH excluding ortho intramolecular Hbond substituents is 1. The van der Waals surface area contributed by atoms with Gasteiger partial charge in [0, 0.05) is 11.9 Å². The second kappa shape index (κ2) is 6.45. The van der Waals surface area contributed by atoms with Gasteiger partial charge in [-0.3, -0.25) is 0 Å². The first kappa shape index (κ1) is 14.4. The quantitative estimate of drug-likeness (QED) is 0.505. The summed E-state index contributed by atoms with van der Waals surface area (Å²) < 4.78 is 0. The summed E-state index contributed by atoms with van der Waals surface area (Å²) in [6, 6.07) is 21.4. The minimum atomic E-state index is 0.183. The van der Waals surface area contributed by atoms with Crippen molar-refractivity contribution in [1.82, 2.24) is 5.32 Å². The van der Waals surface area contributed by atoms with Gasteiger partial charge in [-0.1, -0.05) is 60.7 Å². The Balaban J connectivity index is 1.75. The molecule has 0 atom stereocenters. The molecule has 0 aromatic heterocycles. The van der Waals surface area contributed by atoms with Gasteiger partial charge in [-0.05, 0) is 29.2 Å². The van der Waals surface area contributed by atoms with Crippen LogP contribution in [0.2, 0.25) is 0 Å². The normalized spacial score (nSPS) is 10.4. The number of fused-ring (bicyclic) bond motifs is 1. The van der Waals surface area contributed by atoms with E-state index in [1.807, 2.05) is 60.7 Å². The summed E-state index contributed by atoms with van der Waals surface area (Å²) in [4.78, 5) is 0. The summed E-state index contributed by atoms with van der Waals surface area (Å²) in [5, 5.41) is 18.8. The van der Waals surface area contributed by atoms with E-state index in [1.165, 1.54) is 0 Å². The lowest BCUT2D eigenvalue weighted by atomic mass is 10.1. The molecule has 0 heterocycles. The SMILES string of the molecule is Oc1ccc2ccccc2c1NC(=S)NCc1ccccc1.